The molecule has 2 N–H and O–H groups in total. The zero-order valence-corrected chi connectivity index (χ0v) is 15.9. The summed E-state index contributed by atoms with van der Waals surface area (Å²) in [7, 11) is 1.53. The van der Waals surface area contributed by atoms with Gasteiger partial charge in [-0.15, -0.1) is 0 Å². The molecule has 144 valence electrons. The Morgan fingerprint density at radius 2 is 1.93 bits per heavy atom. The summed E-state index contributed by atoms with van der Waals surface area (Å²) in [6, 6.07) is 15.7. The minimum Gasteiger partial charge on any atom is -0.493 e. The highest BCUT2D eigenvalue weighted by Gasteiger charge is 2.32. The second kappa shape index (κ2) is 9.02. The van der Waals surface area contributed by atoms with Gasteiger partial charge in [0, 0.05) is 18.2 Å². The van der Waals surface area contributed by atoms with E-state index in [0.29, 0.717) is 29.5 Å². The molecule has 1 saturated carbocycles. The Labute approximate surface area is 160 Å². The first-order valence-corrected chi connectivity index (χ1v) is 9.36. The number of hydrogen-bond acceptors (Lipinski definition) is 5. The molecule has 0 amide bonds. The van der Waals surface area contributed by atoms with Gasteiger partial charge in [0.15, 0.2) is 17.3 Å². The molecule has 1 aliphatic carbocycles. The van der Waals surface area contributed by atoms with Crippen LogP contribution in [0.25, 0.3) is 0 Å². The van der Waals surface area contributed by atoms with Crippen molar-refractivity contribution in [1.29, 1.82) is 0 Å². The van der Waals surface area contributed by atoms with Gasteiger partial charge in [-0.2, -0.15) is 0 Å². The molecule has 0 bridgehead atoms. The van der Waals surface area contributed by atoms with Gasteiger partial charge in [0.25, 0.3) is 0 Å². The van der Waals surface area contributed by atoms with Crippen LogP contribution in [0, 0.1) is 5.92 Å². The van der Waals surface area contributed by atoms with E-state index in [1.54, 1.807) is 18.2 Å². The molecule has 3 rings (SSSR count). The average Bonchev–Trinajstić information content (AvgIpc) is 3.52. The number of aliphatic hydroxyl groups excluding tert-OH is 1. The van der Waals surface area contributed by atoms with Gasteiger partial charge in [-0.1, -0.05) is 30.3 Å². The molecule has 2 unspecified atom stereocenters. The lowest BCUT2D eigenvalue weighted by atomic mass is 10.0. The van der Waals surface area contributed by atoms with Crippen LogP contribution in [0.5, 0.6) is 11.5 Å². The molecule has 0 aliphatic heterocycles. The number of aliphatic hydroxyl groups is 1. The highest BCUT2D eigenvalue weighted by molar-refractivity contribution is 5.94. The maximum absolute atomic E-state index is 11.5. The van der Waals surface area contributed by atoms with Crippen molar-refractivity contribution in [2.24, 2.45) is 5.92 Å². The molecule has 27 heavy (non-hydrogen) atoms. The Bertz CT molecular complexity index is 758. The van der Waals surface area contributed by atoms with Gasteiger partial charge in [-0.05, 0) is 49.4 Å². The van der Waals surface area contributed by atoms with Crippen molar-refractivity contribution >= 4 is 5.78 Å². The van der Waals surface area contributed by atoms with Crippen LogP contribution in [0.3, 0.4) is 0 Å². The van der Waals surface area contributed by atoms with Gasteiger partial charge >= 0.3 is 0 Å². The van der Waals surface area contributed by atoms with E-state index in [2.05, 4.69) is 17.4 Å². The number of carbonyl (C=O) groups is 1. The maximum atomic E-state index is 11.5. The van der Waals surface area contributed by atoms with E-state index in [-0.39, 0.29) is 18.4 Å². The number of benzene rings is 2. The van der Waals surface area contributed by atoms with Crippen LogP contribution in [0.15, 0.2) is 48.5 Å². The summed E-state index contributed by atoms with van der Waals surface area (Å²) in [5.41, 5.74) is 1.83. The number of ketones is 1. The zero-order valence-electron chi connectivity index (χ0n) is 15.9. The van der Waals surface area contributed by atoms with Crippen LogP contribution in [0.1, 0.15) is 41.7 Å². The van der Waals surface area contributed by atoms with Crippen molar-refractivity contribution in [3.05, 3.63) is 59.7 Å². The van der Waals surface area contributed by atoms with Gasteiger partial charge in [0.1, 0.15) is 12.7 Å². The number of ether oxygens (including phenoxy) is 2. The normalized spacial score (nSPS) is 15.8. The van der Waals surface area contributed by atoms with Gasteiger partial charge in [-0.3, -0.25) is 4.79 Å². The fraction of sp³-hybridized carbons (Fsp3) is 0.409. The molecule has 2 aromatic rings. The summed E-state index contributed by atoms with van der Waals surface area (Å²) in [6.07, 6.45) is 1.80. The number of carbonyl (C=O) groups excluding carboxylic acids is 1. The summed E-state index contributed by atoms with van der Waals surface area (Å²) < 4.78 is 11.0. The fourth-order valence-corrected chi connectivity index (χ4v) is 3.16. The Morgan fingerprint density at radius 3 is 2.56 bits per heavy atom. The van der Waals surface area contributed by atoms with Crippen molar-refractivity contribution in [3.63, 3.8) is 0 Å². The third-order valence-electron chi connectivity index (χ3n) is 4.83. The maximum Gasteiger partial charge on any atom is 0.161 e. The van der Waals surface area contributed by atoms with Crippen LogP contribution in [0.2, 0.25) is 0 Å². The van der Waals surface area contributed by atoms with Gasteiger partial charge in [-0.25, -0.2) is 0 Å². The molecular formula is C22H27NO4. The lowest BCUT2D eigenvalue weighted by molar-refractivity contribution is 0.0998. The summed E-state index contributed by atoms with van der Waals surface area (Å²) in [4.78, 5) is 11.5. The summed E-state index contributed by atoms with van der Waals surface area (Å²) in [5.74, 6) is 1.61. The topological polar surface area (TPSA) is 67.8 Å². The number of nitrogens with one attached hydrogen (secondary N) is 1. The Morgan fingerprint density at radius 1 is 1.19 bits per heavy atom. The number of Topliss-reactive ketones (excluding diaryl/α,β-unsaturated/α-hetero) is 1. The summed E-state index contributed by atoms with van der Waals surface area (Å²) >= 11 is 0. The lowest BCUT2D eigenvalue weighted by Gasteiger charge is -2.21. The molecule has 1 aliphatic rings. The standard InChI is InChI=1S/C22H27NO4/c1-15(24)18-10-11-20(21(12-18)26-2)27-14-19(25)13-23-22(17-8-9-17)16-6-4-3-5-7-16/h3-7,10-12,17,19,22-23,25H,8-9,13-14H2,1-2H3. The van der Waals surface area contributed by atoms with E-state index in [0.717, 1.165) is 0 Å². The molecule has 0 heterocycles. The molecule has 0 radical (unpaired) electrons. The van der Waals surface area contributed by atoms with Gasteiger partial charge in [0.2, 0.25) is 0 Å². The third-order valence-corrected chi connectivity index (χ3v) is 4.83. The highest BCUT2D eigenvalue weighted by atomic mass is 16.5. The number of rotatable bonds is 10. The quantitative estimate of drug-likeness (QED) is 0.629. The van der Waals surface area contributed by atoms with Crippen molar-refractivity contribution < 1.29 is 19.4 Å². The van der Waals surface area contributed by atoms with Crippen molar-refractivity contribution in [2.45, 2.75) is 31.9 Å². The van der Waals surface area contributed by atoms with Crippen molar-refractivity contribution in [2.75, 3.05) is 20.3 Å². The van der Waals surface area contributed by atoms with Crippen LogP contribution in [-0.2, 0) is 0 Å². The smallest absolute Gasteiger partial charge is 0.161 e. The zero-order chi connectivity index (χ0) is 19.2. The predicted octanol–water partition coefficient (Wildman–Crippen LogP) is 3.38. The van der Waals surface area contributed by atoms with Crippen molar-refractivity contribution in [3.8, 4) is 11.5 Å². The molecular weight excluding hydrogens is 342 g/mol. The minimum absolute atomic E-state index is 0.0314. The first kappa shape index (κ1) is 19.4. The predicted molar refractivity (Wildman–Crippen MR) is 104 cm³/mol. The number of methoxy groups -OCH3 is 1. The SMILES string of the molecule is COc1cc(C(C)=O)ccc1OCC(O)CNC(c1ccccc1)C1CC1. The molecule has 0 aromatic heterocycles. The lowest BCUT2D eigenvalue weighted by Crippen LogP contribution is -2.34. The first-order chi connectivity index (χ1) is 13.1. The third kappa shape index (κ3) is 5.31. The van der Waals surface area contributed by atoms with Crippen LogP contribution in [0.4, 0.5) is 0 Å². The largest absolute Gasteiger partial charge is 0.493 e. The Hall–Kier alpha value is -2.37. The summed E-state index contributed by atoms with van der Waals surface area (Å²) in [6.45, 7) is 2.10. The highest BCUT2D eigenvalue weighted by Crippen LogP contribution is 2.40. The monoisotopic (exact) mass is 369 g/mol. The molecule has 2 aromatic carbocycles. The minimum atomic E-state index is -0.646. The molecule has 0 saturated heterocycles. The summed E-state index contributed by atoms with van der Waals surface area (Å²) in [5, 5.41) is 13.8. The first-order valence-electron chi connectivity index (χ1n) is 9.36. The molecule has 1 fully saturated rings. The van der Waals surface area contributed by atoms with E-state index in [1.165, 1.54) is 32.4 Å². The molecule has 2 atom stereocenters. The Balaban J connectivity index is 1.53. The van der Waals surface area contributed by atoms with E-state index >= 15 is 0 Å². The Kier molecular flexibility index (Phi) is 6.48. The second-order valence-electron chi connectivity index (χ2n) is 7.02. The van der Waals surface area contributed by atoms with Crippen LogP contribution in [-0.4, -0.2) is 37.3 Å². The fourth-order valence-electron chi connectivity index (χ4n) is 3.16. The van der Waals surface area contributed by atoms with E-state index in [1.807, 2.05) is 18.2 Å². The average molecular weight is 369 g/mol. The van der Waals surface area contributed by atoms with E-state index < -0.39 is 6.10 Å². The van der Waals surface area contributed by atoms with Gasteiger partial charge in [0.05, 0.1) is 7.11 Å². The molecule has 0 spiro atoms. The van der Waals surface area contributed by atoms with Gasteiger partial charge < -0.3 is 19.9 Å². The van der Waals surface area contributed by atoms with Crippen LogP contribution >= 0.6 is 0 Å². The van der Waals surface area contributed by atoms with Crippen LogP contribution < -0.4 is 14.8 Å². The number of hydrogen-bond donors (Lipinski definition) is 2. The molecule has 5 heteroatoms. The second-order valence-corrected chi connectivity index (χ2v) is 7.02. The molecule has 5 nitrogen and oxygen atoms in total. The van der Waals surface area contributed by atoms with E-state index in [9.17, 15) is 9.90 Å². The van der Waals surface area contributed by atoms with E-state index in [4.69, 9.17) is 9.47 Å². The van der Waals surface area contributed by atoms with Crippen molar-refractivity contribution in [1.82, 2.24) is 5.32 Å².